The Morgan fingerprint density at radius 1 is 1.25 bits per heavy atom. The van der Waals surface area contributed by atoms with Crippen LogP contribution in [0.15, 0.2) is 24.3 Å². The predicted octanol–water partition coefficient (Wildman–Crippen LogP) is 2.11. The molecule has 1 saturated heterocycles. The van der Waals surface area contributed by atoms with Crippen molar-refractivity contribution in [1.29, 1.82) is 0 Å². The van der Waals surface area contributed by atoms with E-state index in [2.05, 4.69) is 0 Å². The van der Waals surface area contributed by atoms with Crippen molar-refractivity contribution in [1.82, 2.24) is 4.90 Å². The van der Waals surface area contributed by atoms with E-state index in [1.165, 1.54) is 0 Å². The number of Topliss-reactive ketones (excluding diaryl/α,β-unsaturated/α-hetero) is 1. The minimum absolute atomic E-state index is 0.0201. The van der Waals surface area contributed by atoms with E-state index in [4.69, 9.17) is 17.3 Å². The molecule has 0 bridgehead atoms. The number of nitrogens with two attached hydrogens (primary N) is 1. The summed E-state index contributed by atoms with van der Waals surface area (Å²) in [5.41, 5.74) is 6.28. The number of carbonyl (C=O) groups excluding carboxylic acids is 2. The fourth-order valence-electron chi connectivity index (χ4n) is 2.50. The van der Waals surface area contributed by atoms with Gasteiger partial charge in [-0.1, -0.05) is 11.6 Å². The maximum atomic E-state index is 12.4. The Morgan fingerprint density at radius 3 is 2.30 bits per heavy atom. The first kappa shape index (κ1) is 15.0. The smallest absolute Gasteiger partial charge is 0.239 e. The molecule has 0 aromatic heterocycles. The van der Waals surface area contributed by atoms with Gasteiger partial charge in [0.1, 0.15) is 0 Å². The number of piperidine rings is 1. The Kier molecular flexibility index (Phi) is 4.78. The number of likely N-dealkylation sites (tertiary alicyclic amines) is 1. The Labute approximate surface area is 123 Å². The third-order valence-corrected chi connectivity index (χ3v) is 3.95. The van der Waals surface area contributed by atoms with Crippen LogP contribution >= 0.6 is 11.6 Å². The topological polar surface area (TPSA) is 63.4 Å². The van der Waals surface area contributed by atoms with Gasteiger partial charge < -0.3 is 10.6 Å². The highest BCUT2D eigenvalue weighted by molar-refractivity contribution is 6.30. The molecule has 1 aromatic carbocycles. The standard InChI is InChI=1S/C15H19ClN2O2/c1-10(17)15(20)18-8-6-12(7-9-18)14(19)11-2-4-13(16)5-3-11/h2-5,10,12H,6-9,17H2,1H3/t10-/m0/s1. The van der Waals surface area contributed by atoms with E-state index >= 15 is 0 Å². The van der Waals surface area contributed by atoms with Crippen molar-refractivity contribution in [3.8, 4) is 0 Å². The molecule has 0 saturated carbocycles. The number of ketones is 1. The number of carbonyl (C=O) groups is 2. The van der Waals surface area contributed by atoms with Crippen molar-refractivity contribution in [3.05, 3.63) is 34.9 Å². The summed E-state index contributed by atoms with van der Waals surface area (Å²) in [6, 6.07) is 6.49. The lowest BCUT2D eigenvalue weighted by Crippen LogP contribution is -2.46. The summed E-state index contributed by atoms with van der Waals surface area (Å²) in [6.07, 6.45) is 1.39. The summed E-state index contributed by atoms with van der Waals surface area (Å²) in [4.78, 5) is 25.9. The van der Waals surface area contributed by atoms with Crippen LogP contribution in [0.5, 0.6) is 0 Å². The molecule has 1 aliphatic rings. The highest BCUT2D eigenvalue weighted by atomic mass is 35.5. The first-order valence-electron chi connectivity index (χ1n) is 6.83. The van der Waals surface area contributed by atoms with Crippen molar-refractivity contribution in [2.24, 2.45) is 11.7 Å². The number of halogens is 1. The number of benzene rings is 1. The Hall–Kier alpha value is -1.39. The van der Waals surface area contributed by atoms with Crippen LogP contribution in [-0.2, 0) is 4.79 Å². The fourth-order valence-corrected chi connectivity index (χ4v) is 2.63. The van der Waals surface area contributed by atoms with Gasteiger partial charge in [-0.15, -0.1) is 0 Å². The van der Waals surface area contributed by atoms with Crippen LogP contribution in [0.1, 0.15) is 30.1 Å². The normalized spacial score (nSPS) is 17.9. The Balaban J connectivity index is 1.95. The maximum absolute atomic E-state index is 12.4. The van der Waals surface area contributed by atoms with Crippen molar-refractivity contribution >= 4 is 23.3 Å². The van der Waals surface area contributed by atoms with Crippen molar-refractivity contribution < 1.29 is 9.59 Å². The molecule has 1 fully saturated rings. The number of amides is 1. The van der Waals surface area contributed by atoms with Crippen LogP contribution in [0.4, 0.5) is 0 Å². The molecule has 1 heterocycles. The molecular formula is C15H19ClN2O2. The molecule has 108 valence electrons. The van der Waals surface area contributed by atoms with E-state index in [1.54, 1.807) is 36.1 Å². The number of hydrogen-bond acceptors (Lipinski definition) is 3. The van der Waals surface area contributed by atoms with Crippen LogP contribution < -0.4 is 5.73 Å². The van der Waals surface area contributed by atoms with Gasteiger partial charge in [0.05, 0.1) is 6.04 Å². The van der Waals surface area contributed by atoms with Crippen molar-refractivity contribution in [2.45, 2.75) is 25.8 Å². The molecule has 0 aliphatic carbocycles. The van der Waals surface area contributed by atoms with E-state index in [1.807, 2.05) is 0 Å². The molecule has 1 aromatic rings. The van der Waals surface area contributed by atoms with Gasteiger partial charge in [0.25, 0.3) is 0 Å². The highest BCUT2D eigenvalue weighted by Crippen LogP contribution is 2.23. The van der Waals surface area contributed by atoms with E-state index in [0.29, 0.717) is 36.5 Å². The molecular weight excluding hydrogens is 276 g/mol. The van der Waals surface area contributed by atoms with Crippen LogP contribution in [0.3, 0.4) is 0 Å². The van der Waals surface area contributed by atoms with Crippen molar-refractivity contribution in [2.75, 3.05) is 13.1 Å². The fraction of sp³-hybridized carbons (Fsp3) is 0.467. The molecule has 0 unspecified atom stereocenters. The Bertz CT molecular complexity index is 491. The molecule has 2 N–H and O–H groups in total. The summed E-state index contributed by atoms with van der Waals surface area (Å²) >= 11 is 5.82. The largest absolute Gasteiger partial charge is 0.341 e. The number of rotatable bonds is 3. The van der Waals surface area contributed by atoms with Gasteiger partial charge in [-0.3, -0.25) is 9.59 Å². The van der Waals surface area contributed by atoms with Gasteiger partial charge in [0.2, 0.25) is 5.91 Å². The average Bonchev–Trinajstić information content (AvgIpc) is 2.46. The highest BCUT2D eigenvalue weighted by Gasteiger charge is 2.28. The average molecular weight is 295 g/mol. The van der Waals surface area contributed by atoms with Crippen LogP contribution in [0.2, 0.25) is 5.02 Å². The molecule has 1 atom stereocenters. The van der Waals surface area contributed by atoms with Gasteiger partial charge in [0.15, 0.2) is 5.78 Å². The summed E-state index contributed by atoms with van der Waals surface area (Å²) in [6.45, 7) is 2.89. The van der Waals surface area contributed by atoms with Gasteiger partial charge in [0, 0.05) is 29.6 Å². The molecule has 0 radical (unpaired) electrons. The molecule has 1 amide bonds. The number of nitrogens with zero attached hydrogens (tertiary/aromatic N) is 1. The SMILES string of the molecule is C[C@H](N)C(=O)N1CCC(C(=O)c2ccc(Cl)cc2)CC1. The summed E-state index contributed by atoms with van der Waals surface area (Å²) in [7, 11) is 0. The monoisotopic (exact) mass is 294 g/mol. The van der Waals surface area contributed by atoms with E-state index in [9.17, 15) is 9.59 Å². The lowest BCUT2D eigenvalue weighted by molar-refractivity contribution is -0.133. The molecule has 5 heteroatoms. The maximum Gasteiger partial charge on any atom is 0.239 e. The Morgan fingerprint density at radius 2 is 1.80 bits per heavy atom. The van der Waals surface area contributed by atoms with E-state index < -0.39 is 6.04 Å². The lowest BCUT2D eigenvalue weighted by atomic mass is 9.89. The second-order valence-corrected chi connectivity index (χ2v) is 5.70. The summed E-state index contributed by atoms with van der Waals surface area (Å²) in [5.74, 6) is 0.0743. The minimum Gasteiger partial charge on any atom is -0.341 e. The lowest BCUT2D eigenvalue weighted by Gasteiger charge is -2.32. The van der Waals surface area contributed by atoms with E-state index in [0.717, 1.165) is 0 Å². The molecule has 20 heavy (non-hydrogen) atoms. The van der Waals surface area contributed by atoms with Gasteiger partial charge in [-0.05, 0) is 44.0 Å². The molecule has 1 aliphatic heterocycles. The van der Waals surface area contributed by atoms with Crippen LogP contribution in [0.25, 0.3) is 0 Å². The molecule has 2 rings (SSSR count). The molecule has 4 nitrogen and oxygen atoms in total. The summed E-state index contributed by atoms with van der Waals surface area (Å²) in [5, 5.41) is 0.624. The summed E-state index contributed by atoms with van der Waals surface area (Å²) < 4.78 is 0. The zero-order valence-corrected chi connectivity index (χ0v) is 12.3. The first-order valence-corrected chi connectivity index (χ1v) is 7.21. The molecule has 0 spiro atoms. The zero-order chi connectivity index (χ0) is 14.7. The minimum atomic E-state index is -0.474. The second-order valence-electron chi connectivity index (χ2n) is 5.26. The van der Waals surface area contributed by atoms with Crippen LogP contribution in [0, 0.1) is 5.92 Å². The third kappa shape index (κ3) is 3.38. The van der Waals surface area contributed by atoms with Gasteiger partial charge in [-0.2, -0.15) is 0 Å². The zero-order valence-electron chi connectivity index (χ0n) is 11.5. The first-order chi connectivity index (χ1) is 9.49. The van der Waals surface area contributed by atoms with Crippen LogP contribution in [-0.4, -0.2) is 35.7 Å². The second kappa shape index (κ2) is 6.37. The predicted molar refractivity (Wildman–Crippen MR) is 78.7 cm³/mol. The van der Waals surface area contributed by atoms with Gasteiger partial charge in [-0.25, -0.2) is 0 Å². The van der Waals surface area contributed by atoms with E-state index in [-0.39, 0.29) is 17.6 Å². The quantitative estimate of drug-likeness (QED) is 0.869. The third-order valence-electron chi connectivity index (χ3n) is 3.70. The number of hydrogen-bond donors (Lipinski definition) is 1. The van der Waals surface area contributed by atoms with Gasteiger partial charge >= 0.3 is 0 Å². The van der Waals surface area contributed by atoms with Crippen molar-refractivity contribution in [3.63, 3.8) is 0 Å².